The van der Waals surface area contributed by atoms with Gasteiger partial charge < -0.3 is 10.6 Å². The van der Waals surface area contributed by atoms with Crippen molar-refractivity contribution in [1.82, 2.24) is 9.88 Å². The fraction of sp³-hybridized carbons (Fsp3) is 0.615. The number of pyridine rings is 1. The molecular formula is C13H19F3N4. The number of nitrogens with two attached hydrogens (primary N) is 1. The Morgan fingerprint density at radius 1 is 1.25 bits per heavy atom. The number of rotatable bonds is 1. The maximum atomic E-state index is 12.8. The van der Waals surface area contributed by atoms with Gasteiger partial charge in [0, 0.05) is 25.2 Å². The summed E-state index contributed by atoms with van der Waals surface area (Å²) in [6.07, 6.45) is -4.41. The number of nitrogens with zero attached hydrogens (tertiary/aromatic N) is 3. The number of hydrogen-bond donors (Lipinski definition) is 1. The van der Waals surface area contributed by atoms with Gasteiger partial charge in [-0.2, -0.15) is 13.2 Å². The molecule has 2 rings (SSSR count). The smallest absolute Gasteiger partial charge is 0.384 e. The van der Waals surface area contributed by atoms with Crippen LogP contribution in [0.4, 0.5) is 24.8 Å². The minimum absolute atomic E-state index is 0.105. The molecule has 0 radical (unpaired) electrons. The number of halogens is 3. The highest BCUT2D eigenvalue weighted by atomic mass is 19.4. The molecule has 1 saturated heterocycles. The number of aromatic nitrogens is 1. The summed E-state index contributed by atoms with van der Waals surface area (Å²) in [6.45, 7) is 6.11. The molecule has 0 amide bonds. The van der Waals surface area contributed by atoms with Crippen molar-refractivity contribution >= 4 is 11.6 Å². The molecule has 0 aromatic carbocycles. The van der Waals surface area contributed by atoms with Crippen LogP contribution in [-0.2, 0) is 6.18 Å². The third-order valence-corrected chi connectivity index (χ3v) is 3.80. The molecule has 0 aliphatic carbocycles. The zero-order chi connectivity index (χ0) is 15.1. The Hall–Kier alpha value is -1.50. The lowest BCUT2D eigenvalue weighted by Crippen LogP contribution is -2.57. The van der Waals surface area contributed by atoms with E-state index >= 15 is 0 Å². The fourth-order valence-electron chi connectivity index (χ4n) is 2.30. The molecule has 0 atom stereocenters. The van der Waals surface area contributed by atoms with E-state index in [1.165, 1.54) is 0 Å². The van der Waals surface area contributed by atoms with E-state index in [1.54, 1.807) is 0 Å². The molecule has 2 N–H and O–H groups in total. The second-order valence-corrected chi connectivity index (χ2v) is 5.79. The highest BCUT2D eigenvalue weighted by molar-refractivity contribution is 5.50. The molecule has 0 spiro atoms. The van der Waals surface area contributed by atoms with Crippen molar-refractivity contribution in [2.24, 2.45) is 0 Å². The second kappa shape index (κ2) is 4.80. The van der Waals surface area contributed by atoms with Gasteiger partial charge >= 0.3 is 6.18 Å². The number of likely N-dealkylation sites (N-methyl/N-ethyl adjacent to an activating group) is 1. The Labute approximate surface area is 116 Å². The Bertz CT molecular complexity index is 499. The molecule has 112 valence electrons. The third kappa shape index (κ3) is 2.98. The first-order valence-electron chi connectivity index (χ1n) is 6.40. The largest absolute Gasteiger partial charge is 0.416 e. The Morgan fingerprint density at radius 3 is 2.45 bits per heavy atom. The fourth-order valence-corrected chi connectivity index (χ4v) is 2.30. The van der Waals surface area contributed by atoms with Gasteiger partial charge in [0.1, 0.15) is 11.6 Å². The van der Waals surface area contributed by atoms with Crippen LogP contribution in [0.25, 0.3) is 0 Å². The van der Waals surface area contributed by atoms with Crippen LogP contribution in [0.1, 0.15) is 19.4 Å². The van der Waals surface area contributed by atoms with Gasteiger partial charge in [-0.1, -0.05) is 0 Å². The third-order valence-electron chi connectivity index (χ3n) is 3.80. The molecule has 2 heterocycles. The van der Waals surface area contributed by atoms with Crippen LogP contribution in [-0.4, -0.2) is 42.1 Å². The quantitative estimate of drug-likeness (QED) is 0.860. The van der Waals surface area contributed by atoms with E-state index in [4.69, 9.17) is 5.73 Å². The van der Waals surface area contributed by atoms with Gasteiger partial charge in [0.05, 0.1) is 5.56 Å². The van der Waals surface area contributed by atoms with Crippen LogP contribution in [0, 0.1) is 0 Å². The lowest BCUT2D eigenvalue weighted by Gasteiger charge is -2.45. The first-order valence-corrected chi connectivity index (χ1v) is 6.40. The van der Waals surface area contributed by atoms with Crippen molar-refractivity contribution in [3.63, 3.8) is 0 Å². The SMILES string of the molecule is CN1CCN(c2cc(C(F)(F)F)cc(N)n2)CC1(C)C. The molecule has 20 heavy (non-hydrogen) atoms. The number of alkyl halides is 3. The summed E-state index contributed by atoms with van der Waals surface area (Å²) < 4.78 is 38.5. The molecule has 4 nitrogen and oxygen atoms in total. The van der Waals surface area contributed by atoms with Crippen molar-refractivity contribution in [2.75, 3.05) is 37.3 Å². The molecular weight excluding hydrogens is 269 g/mol. The summed E-state index contributed by atoms with van der Waals surface area (Å²) in [5, 5.41) is 0. The molecule has 1 fully saturated rings. The van der Waals surface area contributed by atoms with Gasteiger partial charge in [0.15, 0.2) is 0 Å². The van der Waals surface area contributed by atoms with E-state index in [0.717, 1.165) is 18.7 Å². The number of hydrogen-bond acceptors (Lipinski definition) is 4. The first kappa shape index (κ1) is 14.9. The van der Waals surface area contributed by atoms with Crippen LogP contribution in [0.15, 0.2) is 12.1 Å². The van der Waals surface area contributed by atoms with Crippen molar-refractivity contribution in [3.8, 4) is 0 Å². The maximum Gasteiger partial charge on any atom is 0.416 e. The molecule has 0 saturated carbocycles. The number of piperazine rings is 1. The normalized spacial score (nSPS) is 20.2. The second-order valence-electron chi connectivity index (χ2n) is 5.79. The van der Waals surface area contributed by atoms with Crippen molar-refractivity contribution in [2.45, 2.75) is 25.6 Å². The summed E-state index contributed by atoms with van der Waals surface area (Å²) in [7, 11) is 2.01. The topological polar surface area (TPSA) is 45.4 Å². The average molecular weight is 288 g/mol. The molecule has 1 aromatic heterocycles. The molecule has 0 bridgehead atoms. The number of nitrogen functional groups attached to an aromatic ring is 1. The summed E-state index contributed by atoms with van der Waals surface area (Å²) in [4.78, 5) is 8.08. The molecule has 1 aromatic rings. The van der Waals surface area contributed by atoms with E-state index < -0.39 is 11.7 Å². The van der Waals surface area contributed by atoms with Gasteiger partial charge in [0.25, 0.3) is 0 Å². The van der Waals surface area contributed by atoms with Crippen LogP contribution < -0.4 is 10.6 Å². The Balaban J connectivity index is 2.32. The van der Waals surface area contributed by atoms with E-state index in [2.05, 4.69) is 23.7 Å². The Kier molecular flexibility index (Phi) is 3.58. The van der Waals surface area contributed by atoms with Gasteiger partial charge in [-0.15, -0.1) is 0 Å². The van der Waals surface area contributed by atoms with Gasteiger partial charge in [-0.3, -0.25) is 4.90 Å². The summed E-state index contributed by atoms with van der Waals surface area (Å²) in [5.41, 5.74) is 4.63. The summed E-state index contributed by atoms with van der Waals surface area (Å²) >= 11 is 0. The molecule has 0 unspecified atom stereocenters. The van der Waals surface area contributed by atoms with Crippen molar-refractivity contribution in [1.29, 1.82) is 0 Å². The highest BCUT2D eigenvalue weighted by Crippen LogP contribution is 2.33. The molecule has 7 heteroatoms. The number of anilines is 2. The van der Waals surface area contributed by atoms with Crippen LogP contribution in [0.2, 0.25) is 0 Å². The molecule has 1 aliphatic heterocycles. The minimum Gasteiger partial charge on any atom is -0.384 e. The van der Waals surface area contributed by atoms with Crippen LogP contribution >= 0.6 is 0 Å². The lowest BCUT2D eigenvalue weighted by molar-refractivity contribution is -0.137. The average Bonchev–Trinajstić information content (AvgIpc) is 2.30. The zero-order valence-corrected chi connectivity index (χ0v) is 11.8. The predicted octanol–water partition coefficient (Wildman–Crippen LogP) is 2.21. The Morgan fingerprint density at radius 2 is 1.90 bits per heavy atom. The van der Waals surface area contributed by atoms with E-state index in [-0.39, 0.29) is 11.4 Å². The predicted molar refractivity (Wildman–Crippen MR) is 72.6 cm³/mol. The van der Waals surface area contributed by atoms with Crippen molar-refractivity contribution < 1.29 is 13.2 Å². The maximum absolute atomic E-state index is 12.8. The van der Waals surface area contributed by atoms with E-state index in [1.807, 2.05) is 11.9 Å². The van der Waals surface area contributed by atoms with Gasteiger partial charge in [0.2, 0.25) is 0 Å². The van der Waals surface area contributed by atoms with Gasteiger partial charge in [-0.25, -0.2) is 4.98 Å². The van der Waals surface area contributed by atoms with Gasteiger partial charge in [-0.05, 0) is 33.0 Å². The van der Waals surface area contributed by atoms with E-state index in [0.29, 0.717) is 18.9 Å². The summed E-state index contributed by atoms with van der Waals surface area (Å²) in [5.74, 6) is 0.185. The standard InChI is InChI=1S/C13H19F3N4/c1-12(2)8-20(5-4-19(12)3)11-7-9(13(14,15)16)6-10(17)18-11/h6-7H,4-5,8H2,1-3H3,(H2,17,18). The van der Waals surface area contributed by atoms with Crippen LogP contribution in [0.5, 0.6) is 0 Å². The van der Waals surface area contributed by atoms with E-state index in [9.17, 15) is 13.2 Å². The zero-order valence-electron chi connectivity index (χ0n) is 11.8. The summed E-state index contributed by atoms with van der Waals surface area (Å²) in [6, 6.07) is 1.93. The minimum atomic E-state index is -4.41. The van der Waals surface area contributed by atoms with Crippen molar-refractivity contribution in [3.05, 3.63) is 17.7 Å². The lowest BCUT2D eigenvalue weighted by atomic mass is 9.99. The first-order chi connectivity index (χ1) is 9.09. The highest BCUT2D eigenvalue weighted by Gasteiger charge is 2.35. The monoisotopic (exact) mass is 288 g/mol. The molecule has 1 aliphatic rings. The van der Waals surface area contributed by atoms with Crippen LogP contribution in [0.3, 0.4) is 0 Å².